The van der Waals surface area contributed by atoms with Crippen molar-refractivity contribution < 1.29 is 14.3 Å². The molecule has 25 heavy (non-hydrogen) atoms. The molecule has 2 amide bonds. The van der Waals surface area contributed by atoms with Crippen LogP contribution < -0.4 is 15.0 Å². The number of amides is 2. The van der Waals surface area contributed by atoms with E-state index in [0.717, 1.165) is 11.4 Å². The van der Waals surface area contributed by atoms with Crippen molar-refractivity contribution in [2.24, 2.45) is 0 Å². The van der Waals surface area contributed by atoms with Gasteiger partial charge in [0.15, 0.2) is 0 Å². The summed E-state index contributed by atoms with van der Waals surface area (Å²) in [5.74, 6) is 1.14. The zero-order valence-corrected chi connectivity index (χ0v) is 14.7. The number of aromatic nitrogens is 2. The highest BCUT2D eigenvalue weighted by molar-refractivity contribution is 6.05. The van der Waals surface area contributed by atoms with Crippen LogP contribution in [-0.4, -0.2) is 34.7 Å². The number of nitrogens with zero attached hydrogens (tertiary/aromatic N) is 3. The molecule has 1 N–H and O–H groups in total. The van der Waals surface area contributed by atoms with E-state index in [1.807, 2.05) is 19.9 Å². The maximum atomic E-state index is 12.8. The molecule has 132 valence electrons. The van der Waals surface area contributed by atoms with Crippen molar-refractivity contribution in [3.63, 3.8) is 0 Å². The molecule has 0 saturated carbocycles. The van der Waals surface area contributed by atoms with Crippen molar-refractivity contribution in [2.45, 2.75) is 39.3 Å². The molecule has 7 nitrogen and oxygen atoms in total. The van der Waals surface area contributed by atoms with Gasteiger partial charge >= 0.3 is 0 Å². The van der Waals surface area contributed by atoms with Gasteiger partial charge in [0.1, 0.15) is 17.6 Å². The monoisotopic (exact) mass is 342 g/mol. The lowest BCUT2D eigenvalue weighted by Gasteiger charge is -2.33. The van der Waals surface area contributed by atoms with Crippen molar-refractivity contribution in [1.29, 1.82) is 0 Å². The minimum Gasteiger partial charge on any atom is -0.497 e. The van der Waals surface area contributed by atoms with Gasteiger partial charge in [0.05, 0.1) is 19.3 Å². The largest absolute Gasteiger partial charge is 0.497 e. The summed E-state index contributed by atoms with van der Waals surface area (Å²) in [4.78, 5) is 26.9. The lowest BCUT2D eigenvalue weighted by molar-refractivity contribution is -0.124. The number of aryl methyl sites for hydroxylation is 2. The number of rotatable bonds is 5. The molecule has 1 aliphatic rings. The van der Waals surface area contributed by atoms with Crippen LogP contribution in [0.1, 0.15) is 25.5 Å². The first-order valence-electron chi connectivity index (χ1n) is 8.35. The lowest BCUT2D eigenvalue weighted by atomic mass is 10.1. The number of benzene rings is 1. The topological polar surface area (TPSA) is 76.5 Å². The van der Waals surface area contributed by atoms with Crippen LogP contribution in [0, 0.1) is 6.92 Å². The van der Waals surface area contributed by atoms with Gasteiger partial charge < -0.3 is 10.1 Å². The Morgan fingerprint density at radius 3 is 2.72 bits per heavy atom. The van der Waals surface area contributed by atoms with E-state index in [0.29, 0.717) is 30.9 Å². The van der Waals surface area contributed by atoms with Gasteiger partial charge in [-0.05, 0) is 37.6 Å². The van der Waals surface area contributed by atoms with Crippen LogP contribution in [0.3, 0.4) is 0 Å². The predicted octanol–water partition coefficient (Wildman–Crippen LogP) is 2.35. The Kier molecular flexibility index (Phi) is 4.74. The third kappa shape index (κ3) is 3.35. The van der Waals surface area contributed by atoms with Crippen LogP contribution in [0.25, 0.3) is 0 Å². The number of anilines is 2. The first-order chi connectivity index (χ1) is 12.0. The summed E-state index contributed by atoms with van der Waals surface area (Å²) >= 11 is 0. The third-order valence-corrected chi connectivity index (χ3v) is 4.29. The predicted molar refractivity (Wildman–Crippen MR) is 94.8 cm³/mol. The number of nitrogens with one attached hydrogen (secondary N) is 1. The quantitative estimate of drug-likeness (QED) is 0.905. The molecule has 0 bridgehead atoms. The number of hydrogen-bond acceptors (Lipinski definition) is 4. The number of fused-ring (bicyclic) bond motifs is 1. The molecular weight excluding hydrogens is 320 g/mol. The molecule has 0 spiro atoms. The van der Waals surface area contributed by atoms with Gasteiger partial charge in [-0.25, -0.2) is 4.68 Å². The molecule has 2 heterocycles. The fourth-order valence-corrected chi connectivity index (χ4v) is 3.06. The SMILES string of the molecule is CCC(C(=O)Nc1ccc(OC)cc1)N1C(=O)CCn2nc(C)cc21. The Balaban J connectivity index is 1.83. The summed E-state index contributed by atoms with van der Waals surface area (Å²) in [5.41, 5.74) is 1.50. The van der Waals surface area contributed by atoms with E-state index in [1.165, 1.54) is 0 Å². The smallest absolute Gasteiger partial charge is 0.247 e. The van der Waals surface area contributed by atoms with Crippen molar-refractivity contribution in [2.75, 3.05) is 17.3 Å². The van der Waals surface area contributed by atoms with E-state index in [2.05, 4.69) is 10.4 Å². The van der Waals surface area contributed by atoms with Gasteiger partial charge in [0, 0.05) is 18.2 Å². The summed E-state index contributed by atoms with van der Waals surface area (Å²) < 4.78 is 6.91. The molecule has 3 rings (SSSR count). The van der Waals surface area contributed by atoms with Crippen molar-refractivity contribution in [3.8, 4) is 5.75 Å². The van der Waals surface area contributed by atoms with E-state index >= 15 is 0 Å². The fraction of sp³-hybridized carbons (Fsp3) is 0.389. The zero-order valence-electron chi connectivity index (χ0n) is 14.7. The van der Waals surface area contributed by atoms with Gasteiger partial charge in [-0.1, -0.05) is 6.92 Å². The van der Waals surface area contributed by atoms with Crippen molar-refractivity contribution >= 4 is 23.3 Å². The van der Waals surface area contributed by atoms with Crippen LogP contribution in [0.4, 0.5) is 11.5 Å². The van der Waals surface area contributed by atoms with Crippen LogP contribution in [0.15, 0.2) is 30.3 Å². The molecule has 0 saturated heterocycles. The summed E-state index contributed by atoms with van der Waals surface area (Å²) in [6.07, 6.45) is 0.860. The van der Waals surface area contributed by atoms with Gasteiger partial charge in [0.2, 0.25) is 11.8 Å². The Morgan fingerprint density at radius 2 is 2.08 bits per heavy atom. The van der Waals surface area contributed by atoms with Gasteiger partial charge in [-0.15, -0.1) is 0 Å². The van der Waals surface area contributed by atoms with Gasteiger partial charge in [-0.2, -0.15) is 5.10 Å². The molecule has 1 aromatic carbocycles. The zero-order chi connectivity index (χ0) is 18.0. The normalized spacial score (nSPS) is 14.8. The van der Waals surface area contributed by atoms with Crippen molar-refractivity contribution in [3.05, 3.63) is 36.0 Å². The second-order valence-electron chi connectivity index (χ2n) is 6.02. The van der Waals surface area contributed by atoms with Crippen LogP contribution in [0.2, 0.25) is 0 Å². The molecule has 1 aliphatic heterocycles. The minimum absolute atomic E-state index is 0.0517. The summed E-state index contributed by atoms with van der Waals surface area (Å²) in [7, 11) is 1.59. The molecule has 1 unspecified atom stereocenters. The fourth-order valence-electron chi connectivity index (χ4n) is 3.06. The standard InChI is InChI=1S/C18H22N4O3/c1-4-15(18(24)19-13-5-7-14(25-3)8-6-13)22-16-11-12(2)20-21(16)10-9-17(22)23/h5-8,11,15H,4,9-10H2,1-3H3,(H,19,24). The Hall–Kier alpha value is -2.83. The first kappa shape index (κ1) is 17.0. The van der Waals surface area contributed by atoms with E-state index in [1.54, 1.807) is 41.0 Å². The number of ether oxygens (including phenoxy) is 1. The van der Waals surface area contributed by atoms with Gasteiger partial charge in [-0.3, -0.25) is 14.5 Å². The average Bonchev–Trinajstić information content (AvgIpc) is 2.98. The second-order valence-corrected chi connectivity index (χ2v) is 6.02. The molecule has 0 aliphatic carbocycles. The second kappa shape index (κ2) is 6.96. The number of carbonyl (C=O) groups excluding carboxylic acids is 2. The first-order valence-corrected chi connectivity index (χ1v) is 8.35. The van der Waals surface area contributed by atoms with E-state index in [4.69, 9.17) is 4.74 Å². The highest BCUT2D eigenvalue weighted by atomic mass is 16.5. The lowest BCUT2D eigenvalue weighted by Crippen LogP contribution is -2.50. The highest BCUT2D eigenvalue weighted by Crippen LogP contribution is 2.26. The van der Waals surface area contributed by atoms with Crippen LogP contribution in [-0.2, 0) is 16.1 Å². The third-order valence-electron chi connectivity index (χ3n) is 4.29. The Morgan fingerprint density at radius 1 is 1.36 bits per heavy atom. The molecule has 2 aromatic rings. The van der Waals surface area contributed by atoms with E-state index in [-0.39, 0.29) is 11.8 Å². The van der Waals surface area contributed by atoms with Crippen LogP contribution >= 0.6 is 0 Å². The summed E-state index contributed by atoms with van der Waals surface area (Å²) in [5, 5.41) is 7.27. The molecular formula is C18H22N4O3. The molecule has 7 heteroatoms. The van der Waals surface area contributed by atoms with Gasteiger partial charge in [0.25, 0.3) is 0 Å². The number of hydrogen-bond donors (Lipinski definition) is 1. The summed E-state index contributed by atoms with van der Waals surface area (Å²) in [6.45, 7) is 4.33. The molecule has 1 aromatic heterocycles. The van der Waals surface area contributed by atoms with Crippen molar-refractivity contribution in [1.82, 2.24) is 9.78 Å². The Labute approximate surface area is 146 Å². The highest BCUT2D eigenvalue weighted by Gasteiger charge is 2.34. The molecule has 1 atom stereocenters. The number of methoxy groups -OCH3 is 1. The van der Waals surface area contributed by atoms with E-state index in [9.17, 15) is 9.59 Å². The molecule has 0 radical (unpaired) electrons. The average molecular weight is 342 g/mol. The summed E-state index contributed by atoms with van der Waals surface area (Å²) in [6, 6.07) is 8.37. The molecule has 0 fully saturated rings. The van der Waals surface area contributed by atoms with E-state index < -0.39 is 6.04 Å². The Bertz CT molecular complexity index is 782. The minimum atomic E-state index is -0.579. The number of carbonyl (C=O) groups is 2. The van der Waals surface area contributed by atoms with Crippen LogP contribution in [0.5, 0.6) is 5.75 Å². The maximum absolute atomic E-state index is 12.8. The maximum Gasteiger partial charge on any atom is 0.247 e.